The molecule has 0 spiro atoms. The number of ether oxygens (including phenoxy) is 2. The lowest BCUT2D eigenvalue weighted by atomic mass is 10.1. The zero-order valence-electron chi connectivity index (χ0n) is 10.3. The number of benzene rings is 1. The highest BCUT2D eigenvalue weighted by atomic mass is 16.5. The highest BCUT2D eigenvalue weighted by Crippen LogP contribution is 2.31. The molecule has 16 heavy (non-hydrogen) atoms. The fourth-order valence-corrected chi connectivity index (χ4v) is 1.64. The van der Waals surface area contributed by atoms with E-state index in [1.165, 1.54) is 0 Å². The maximum absolute atomic E-state index is 5.76. The first-order chi connectivity index (χ1) is 7.69. The van der Waals surface area contributed by atoms with Crippen molar-refractivity contribution in [3.63, 3.8) is 0 Å². The Hall–Kier alpha value is -1.22. The van der Waals surface area contributed by atoms with Gasteiger partial charge in [-0.25, -0.2) is 0 Å². The van der Waals surface area contributed by atoms with Gasteiger partial charge in [0.15, 0.2) is 11.5 Å². The molecule has 0 aliphatic rings. The van der Waals surface area contributed by atoms with Crippen molar-refractivity contribution in [2.75, 3.05) is 13.7 Å². The third-order valence-electron chi connectivity index (χ3n) is 2.43. The van der Waals surface area contributed by atoms with Crippen molar-refractivity contribution in [3.8, 4) is 11.5 Å². The van der Waals surface area contributed by atoms with Gasteiger partial charge in [-0.15, -0.1) is 0 Å². The summed E-state index contributed by atoms with van der Waals surface area (Å²) in [5.41, 5.74) is 6.91. The summed E-state index contributed by atoms with van der Waals surface area (Å²) < 4.78 is 10.9. The zero-order chi connectivity index (χ0) is 12.0. The SMILES string of the molecule is CCOc1cccc(CCC(C)N)c1OC. The summed E-state index contributed by atoms with van der Waals surface area (Å²) in [4.78, 5) is 0. The van der Waals surface area contributed by atoms with Gasteiger partial charge in [0.2, 0.25) is 0 Å². The maximum atomic E-state index is 5.76. The minimum Gasteiger partial charge on any atom is -0.493 e. The quantitative estimate of drug-likeness (QED) is 0.805. The molecule has 0 aliphatic heterocycles. The van der Waals surface area contributed by atoms with Crippen molar-refractivity contribution in [1.29, 1.82) is 0 Å². The molecule has 0 radical (unpaired) electrons. The van der Waals surface area contributed by atoms with Gasteiger partial charge in [0, 0.05) is 6.04 Å². The largest absolute Gasteiger partial charge is 0.493 e. The Kier molecular flexibility index (Phi) is 5.12. The number of hydrogen-bond acceptors (Lipinski definition) is 3. The highest BCUT2D eigenvalue weighted by Gasteiger charge is 2.09. The van der Waals surface area contributed by atoms with Gasteiger partial charge >= 0.3 is 0 Å². The van der Waals surface area contributed by atoms with Gasteiger partial charge in [0.05, 0.1) is 13.7 Å². The minimum absolute atomic E-state index is 0.209. The molecular weight excluding hydrogens is 202 g/mol. The van der Waals surface area contributed by atoms with Crippen LogP contribution in [0.4, 0.5) is 0 Å². The van der Waals surface area contributed by atoms with Crippen molar-refractivity contribution >= 4 is 0 Å². The van der Waals surface area contributed by atoms with Gasteiger partial charge in [-0.3, -0.25) is 0 Å². The summed E-state index contributed by atoms with van der Waals surface area (Å²) in [5, 5.41) is 0. The summed E-state index contributed by atoms with van der Waals surface area (Å²) in [6.45, 7) is 4.63. The van der Waals surface area contributed by atoms with Gasteiger partial charge in [-0.2, -0.15) is 0 Å². The van der Waals surface area contributed by atoms with E-state index in [2.05, 4.69) is 6.07 Å². The Morgan fingerprint density at radius 1 is 1.38 bits per heavy atom. The third-order valence-corrected chi connectivity index (χ3v) is 2.43. The summed E-state index contributed by atoms with van der Waals surface area (Å²) in [6, 6.07) is 6.19. The van der Waals surface area contributed by atoms with Crippen molar-refractivity contribution in [2.24, 2.45) is 5.73 Å². The lowest BCUT2D eigenvalue weighted by Gasteiger charge is -2.14. The molecule has 1 rings (SSSR count). The van der Waals surface area contributed by atoms with E-state index in [1.54, 1.807) is 7.11 Å². The van der Waals surface area contributed by atoms with Crippen LogP contribution in [0.3, 0.4) is 0 Å². The van der Waals surface area contributed by atoms with E-state index in [1.807, 2.05) is 26.0 Å². The van der Waals surface area contributed by atoms with Crippen LogP contribution in [0.25, 0.3) is 0 Å². The number of methoxy groups -OCH3 is 1. The lowest BCUT2D eigenvalue weighted by Crippen LogP contribution is -2.15. The van der Waals surface area contributed by atoms with Crippen LogP contribution in [0, 0.1) is 0 Å². The van der Waals surface area contributed by atoms with Crippen molar-refractivity contribution in [3.05, 3.63) is 23.8 Å². The zero-order valence-corrected chi connectivity index (χ0v) is 10.3. The molecule has 0 amide bonds. The van der Waals surface area contributed by atoms with E-state index in [0.29, 0.717) is 6.61 Å². The van der Waals surface area contributed by atoms with Crippen LogP contribution in [0.15, 0.2) is 18.2 Å². The van der Waals surface area contributed by atoms with Crippen molar-refractivity contribution in [1.82, 2.24) is 0 Å². The standard InChI is InChI=1S/C13H21NO2/c1-4-16-12-7-5-6-11(13(12)15-3)9-8-10(2)14/h5-7,10H,4,8-9,14H2,1-3H3. The second-order valence-corrected chi connectivity index (χ2v) is 3.90. The predicted molar refractivity (Wildman–Crippen MR) is 66.1 cm³/mol. The molecule has 0 aliphatic carbocycles. The summed E-state index contributed by atoms with van der Waals surface area (Å²) in [6.07, 6.45) is 1.87. The molecule has 1 aromatic carbocycles. The monoisotopic (exact) mass is 223 g/mol. The molecule has 3 heteroatoms. The first kappa shape index (κ1) is 12.8. The highest BCUT2D eigenvalue weighted by molar-refractivity contribution is 5.46. The van der Waals surface area contributed by atoms with Gasteiger partial charge in [-0.1, -0.05) is 12.1 Å². The fraction of sp³-hybridized carbons (Fsp3) is 0.538. The molecular formula is C13H21NO2. The van der Waals surface area contributed by atoms with Gasteiger partial charge < -0.3 is 15.2 Å². The number of para-hydroxylation sites is 1. The van der Waals surface area contributed by atoms with Gasteiger partial charge in [0.25, 0.3) is 0 Å². The Balaban J connectivity index is 2.85. The van der Waals surface area contributed by atoms with E-state index < -0.39 is 0 Å². The van der Waals surface area contributed by atoms with E-state index in [4.69, 9.17) is 15.2 Å². The van der Waals surface area contributed by atoms with Crippen LogP contribution in [0.5, 0.6) is 11.5 Å². The average Bonchev–Trinajstić information content (AvgIpc) is 2.27. The van der Waals surface area contributed by atoms with Crippen molar-refractivity contribution in [2.45, 2.75) is 32.7 Å². The second-order valence-electron chi connectivity index (χ2n) is 3.90. The maximum Gasteiger partial charge on any atom is 0.163 e. The van der Waals surface area contributed by atoms with Crippen LogP contribution < -0.4 is 15.2 Å². The molecule has 0 saturated carbocycles. The second kappa shape index (κ2) is 6.38. The fourth-order valence-electron chi connectivity index (χ4n) is 1.64. The normalized spacial score (nSPS) is 12.2. The number of aryl methyl sites for hydroxylation is 1. The van der Waals surface area contributed by atoms with Crippen LogP contribution in [0.2, 0.25) is 0 Å². The Morgan fingerprint density at radius 2 is 2.12 bits per heavy atom. The first-order valence-corrected chi connectivity index (χ1v) is 5.73. The van der Waals surface area contributed by atoms with Crippen LogP contribution in [-0.4, -0.2) is 19.8 Å². The molecule has 1 atom stereocenters. The molecule has 1 unspecified atom stereocenters. The van der Waals surface area contributed by atoms with E-state index in [9.17, 15) is 0 Å². The number of rotatable bonds is 6. The van der Waals surface area contributed by atoms with Crippen LogP contribution in [-0.2, 0) is 6.42 Å². The molecule has 2 N–H and O–H groups in total. The predicted octanol–water partition coefficient (Wildman–Crippen LogP) is 2.37. The third kappa shape index (κ3) is 3.42. The summed E-state index contributed by atoms with van der Waals surface area (Å²) in [7, 11) is 1.67. The summed E-state index contributed by atoms with van der Waals surface area (Å²) >= 11 is 0. The van der Waals surface area contributed by atoms with E-state index in [0.717, 1.165) is 29.9 Å². The number of nitrogens with two attached hydrogens (primary N) is 1. The first-order valence-electron chi connectivity index (χ1n) is 5.73. The number of hydrogen-bond donors (Lipinski definition) is 1. The molecule has 0 fully saturated rings. The molecule has 0 aromatic heterocycles. The van der Waals surface area contributed by atoms with Crippen LogP contribution in [0.1, 0.15) is 25.8 Å². The topological polar surface area (TPSA) is 44.5 Å². The van der Waals surface area contributed by atoms with Gasteiger partial charge in [0.1, 0.15) is 0 Å². The summed E-state index contributed by atoms with van der Waals surface area (Å²) in [5.74, 6) is 1.65. The average molecular weight is 223 g/mol. The Morgan fingerprint density at radius 3 is 2.69 bits per heavy atom. The van der Waals surface area contributed by atoms with Crippen molar-refractivity contribution < 1.29 is 9.47 Å². The smallest absolute Gasteiger partial charge is 0.163 e. The van der Waals surface area contributed by atoms with E-state index in [-0.39, 0.29) is 6.04 Å². The van der Waals surface area contributed by atoms with Crippen LogP contribution >= 0.6 is 0 Å². The lowest BCUT2D eigenvalue weighted by molar-refractivity contribution is 0.309. The minimum atomic E-state index is 0.209. The molecule has 0 saturated heterocycles. The molecule has 0 bridgehead atoms. The molecule has 3 nitrogen and oxygen atoms in total. The molecule has 1 aromatic rings. The van der Waals surface area contributed by atoms with Gasteiger partial charge in [-0.05, 0) is 38.3 Å². The Bertz CT molecular complexity index is 324. The van der Waals surface area contributed by atoms with E-state index >= 15 is 0 Å². The molecule has 0 heterocycles. The molecule has 90 valence electrons. The Labute approximate surface area is 97.6 Å².